The van der Waals surface area contributed by atoms with Crippen molar-refractivity contribution >= 4 is 17.3 Å². The highest BCUT2D eigenvalue weighted by Crippen LogP contribution is 2.29. The van der Waals surface area contributed by atoms with Crippen LogP contribution in [0.5, 0.6) is 5.75 Å². The second kappa shape index (κ2) is 6.33. The van der Waals surface area contributed by atoms with E-state index < -0.39 is 4.92 Å². The van der Waals surface area contributed by atoms with E-state index in [4.69, 9.17) is 4.74 Å². The average molecular weight is 279 g/mol. The minimum atomic E-state index is -0.501. The molecule has 2 N–H and O–H groups in total. The highest BCUT2D eigenvalue weighted by Gasteiger charge is 2.22. The lowest BCUT2D eigenvalue weighted by molar-refractivity contribution is -0.384. The standard InChI is InChI=1S/C13H17N3O4/c1-20-12-7-10(16(18)19)4-5-11(12)15-13(17)9-3-2-6-14-8-9/h4-5,7,9,14H,2-3,6,8H2,1H3,(H,15,17)/t9-/m0/s1. The summed E-state index contributed by atoms with van der Waals surface area (Å²) in [4.78, 5) is 22.3. The molecule has 1 atom stereocenters. The summed E-state index contributed by atoms with van der Waals surface area (Å²) in [6.45, 7) is 1.59. The molecule has 108 valence electrons. The number of carbonyl (C=O) groups excluding carboxylic acids is 1. The summed E-state index contributed by atoms with van der Waals surface area (Å²) in [5.74, 6) is 0.115. The van der Waals surface area contributed by atoms with Crippen molar-refractivity contribution in [2.24, 2.45) is 5.92 Å². The van der Waals surface area contributed by atoms with Crippen LogP contribution in [-0.4, -0.2) is 31.0 Å². The first-order valence-electron chi connectivity index (χ1n) is 6.46. The van der Waals surface area contributed by atoms with Crippen LogP contribution in [0.2, 0.25) is 0 Å². The molecule has 7 heteroatoms. The molecule has 0 unspecified atom stereocenters. The van der Waals surface area contributed by atoms with Crippen LogP contribution in [0.4, 0.5) is 11.4 Å². The molecular formula is C13H17N3O4. The van der Waals surface area contributed by atoms with Crippen molar-refractivity contribution in [2.45, 2.75) is 12.8 Å². The maximum Gasteiger partial charge on any atom is 0.273 e. The third-order valence-corrected chi connectivity index (χ3v) is 3.32. The van der Waals surface area contributed by atoms with Gasteiger partial charge >= 0.3 is 0 Å². The van der Waals surface area contributed by atoms with Gasteiger partial charge in [0.15, 0.2) is 0 Å². The molecule has 1 saturated heterocycles. The molecule has 1 aliphatic rings. The topological polar surface area (TPSA) is 93.5 Å². The van der Waals surface area contributed by atoms with Crippen LogP contribution in [0.3, 0.4) is 0 Å². The lowest BCUT2D eigenvalue weighted by Crippen LogP contribution is -2.37. The van der Waals surface area contributed by atoms with Gasteiger partial charge in [-0.3, -0.25) is 14.9 Å². The van der Waals surface area contributed by atoms with Gasteiger partial charge in [-0.15, -0.1) is 0 Å². The number of rotatable bonds is 4. The molecule has 0 saturated carbocycles. The van der Waals surface area contributed by atoms with Crippen LogP contribution in [0.15, 0.2) is 18.2 Å². The lowest BCUT2D eigenvalue weighted by atomic mass is 9.99. The number of hydrogen-bond acceptors (Lipinski definition) is 5. The fraction of sp³-hybridized carbons (Fsp3) is 0.462. The molecule has 0 aromatic heterocycles. The first kappa shape index (κ1) is 14.3. The van der Waals surface area contributed by atoms with Crippen molar-refractivity contribution in [3.63, 3.8) is 0 Å². The Labute approximate surface area is 116 Å². The number of ether oxygens (including phenoxy) is 1. The number of benzene rings is 1. The van der Waals surface area contributed by atoms with Crippen molar-refractivity contribution in [1.82, 2.24) is 5.32 Å². The van der Waals surface area contributed by atoms with E-state index in [1.165, 1.54) is 25.3 Å². The van der Waals surface area contributed by atoms with E-state index in [-0.39, 0.29) is 23.3 Å². The summed E-state index contributed by atoms with van der Waals surface area (Å²) in [6, 6.07) is 4.14. The van der Waals surface area contributed by atoms with Crippen LogP contribution < -0.4 is 15.4 Å². The van der Waals surface area contributed by atoms with E-state index in [1.54, 1.807) is 0 Å². The zero-order valence-corrected chi connectivity index (χ0v) is 11.2. The first-order valence-corrected chi connectivity index (χ1v) is 6.46. The quantitative estimate of drug-likeness (QED) is 0.644. The summed E-state index contributed by atoms with van der Waals surface area (Å²) in [5, 5.41) is 16.6. The van der Waals surface area contributed by atoms with Crippen molar-refractivity contribution in [1.29, 1.82) is 0 Å². The van der Waals surface area contributed by atoms with Gasteiger partial charge < -0.3 is 15.4 Å². The number of hydrogen-bond donors (Lipinski definition) is 2. The van der Waals surface area contributed by atoms with Gasteiger partial charge in [0.2, 0.25) is 5.91 Å². The molecule has 1 aliphatic heterocycles. The Balaban J connectivity index is 2.11. The maximum absolute atomic E-state index is 12.1. The maximum atomic E-state index is 12.1. The number of anilines is 1. The number of nitrogens with one attached hydrogen (secondary N) is 2. The molecule has 7 nitrogen and oxygen atoms in total. The van der Waals surface area contributed by atoms with Gasteiger partial charge in [0, 0.05) is 12.6 Å². The van der Waals surface area contributed by atoms with Crippen molar-refractivity contribution in [3.8, 4) is 5.75 Å². The molecule has 1 amide bonds. The van der Waals surface area contributed by atoms with Crippen molar-refractivity contribution < 1.29 is 14.5 Å². The third-order valence-electron chi connectivity index (χ3n) is 3.32. The minimum absolute atomic E-state index is 0.0702. The van der Waals surface area contributed by atoms with Gasteiger partial charge in [0.25, 0.3) is 5.69 Å². The Morgan fingerprint density at radius 3 is 2.95 bits per heavy atom. The zero-order valence-electron chi connectivity index (χ0n) is 11.2. The molecule has 0 bridgehead atoms. The van der Waals surface area contributed by atoms with Gasteiger partial charge in [0.1, 0.15) is 5.75 Å². The van der Waals surface area contributed by atoms with E-state index in [1.807, 2.05) is 0 Å². The van der Waals surface area contributed by atoms with Gasteiger partial charge in [0.05, 0.1) is 29.7 Å². The first-order chi connectivity index (χ1) is 9.61. The molecule has 1 aromatic rings. The van der Waals surface area contributed by atoms with Gasteiger partial charge in [-0.05, 0) is 25.5 Å². The minimum Gasteiger partial charge on any atom is -0.494 e. The number of nitrogens with zero attached hydrogens (tertiary/aromatic N) is 1. The number of non-ortho nitro benzene ring substituents is 1. The molecular weight excluding hydrogens is 262 g/mol. The predicted molar refractivity (Wildman–Crippen MR) is 73.9 cm³/mol. The number of nitro benzene ring substituents is 1. The lowest BCUT2D eigenvalue weighted by Gasteiger charge is -2.22. The van der Waals surface area contributed by atoms with E-state index in [0.717, 1.165) is 19.4 Å². The Hall–Kier alpha value is -2.15. The number of amides is 1. The van der Waals surface area contributed by atoms with Crippen LogP contribution in [0.25, 0.3) is 0 Å². The predicted octanol–water partition coefficient (Wildman–Crippen LogP) is 1.54. The van der Waals surface area contributed by atoms with Crippen molar-refractivity contribution in [2.75, 3.05) is 25.5 Å². The molecule has 0 aliphatic carbocycles. The summed E-state index contributed by atoms with van der Waals surface area (Å²) in [6.07, 6.45) is 1.81. The van der Waals surface area contributed by atoms with E-state index in [2.05, 4.69) is 10.6 Å². The Morgan fingerprint density at radius 2 is 2.35 bits per heavy atom. The largest absolute Gasteiger partial charge is 0.494 e. The average Bonchev–Trinajstić information content (AvgIpc) is 2.48. The monoisotopic (exact) mass is 279 g/mol. The number of carbonyl (C=O) groups is 1. The molecule has 0 spiro atoms. The number of piperidine rings is 1. The van der Waals surface area contributed by atoms with Crippen LogP contribution in [0, 0.1) is 16.0 Å². The summed E-state index contributed by atoms with van der Waals surface area (Å²) >= 11 is 0. The molecule has 1 aromatic carbocycles. The smallest absolute Gasteiger partial charge is 0.273 e. The Kier molecular flexibility index (Phi) is 4.52. The third kappa shape index (κ3) is 3.24. The second-order valence-electron chi connectivity index (χ2n) is 4.67. The molecule has 20 heavy (non-hydrogen) atoms. The summed E-state index contributed by atoms with van der Waals surface area (Å²) < 4.78 is 5.09. The summed E-state index contributed by atoms with van der Waals surface area (Å²) in [5.41, 5.74) is 0.382. The van der Waals surface area contributed by atoms with Crippen LogP contribution in [-0.2, 0) is 4.79 Å². The highest BCUT2D eigenvalue weighted by atomic mass is 16.6. The van der Waals surface area contributed by atoms with E-state index in [9.17, 15) is 14.9 Å². The molecule has 2 rings (SSSR count). The number of nitro groups is 1. The SMILES string of the molecule is COc1cc([N+](=O)[O-])ccc1NC(=O)[C@H]1CCCNC1. The normalized spacial score (nSPS) is 18.4. The van der Waals surface area contributed by atoms with Crippen LogP contribution >= 0.6 is 0 Å². The fourth-order valence-electron chi connectivity index (χ4n) is 2.21. The Morgan fingerprint density at radius 1 is 1.55 bits per heavy atom. The highest BCUT2D eigenvalue weighted by molar-refractivity contribution is 5.94. The number of methoxy groups -OCH3 is 1. The van der Waals surface area contributed by atoms with Gasteiger partial charge in [-0.25, -0.2) is 0 Å². The van der Waals surface area contributed by atoms with Gasteiger partial charge in [-0.1, -0.05) is 0 Å². The molecule has 1 heterocycles. The zero-order chi connectivity index (χ0) is 14.5. The van der Waals surface area contributed by atoms with Crippen LogP contribution in [0.1, 0.15) is 12.8 Å². The van der Waals surface area contributed by atoms with Gasteiger partial charge in [-0.2, -0.15) is 0 Å². The summed E-state index contributed by atoms with van der Waals surface area (Å²) in [7, 11) is 1.41. The van der Waals surface area contributed by atoms with E-state index in [0.29, 0.717) is 12.2 Å². The molecule has 1 fully saturated rings. The second-order valence-corrected chi connectivity index (χ2v) is 4.67. The fourth-order valence-corrected chi connectivity index (χ4v) is 2.21. The van der Waals surface area contributed by atoms with Crippen molar-refractivity contribution in [3.05, 3.63) is 28.3 Å². The van der Waals surface area contributed by atoms with E-state index >= 15 is 0 Å². The Bertz CT molecular complexity index is 512. The molecule has 0 radical (unpaired) electrons.